The molecule has 3 rings (SSSR count). The fraction of sp³-hybridized carbons (Fsp3) is 0.368. The molecule has 0 unspecified atom stereocenters. The Balaban J connectivity index is 1.78. The zero-order valence-electron chi connectivity index (χ0n) is 14.5. The normalized spacial score (nSPS) is 18.9. The molecule has 3 nitrogen and oxygen atoms in total. The van der Waals surface area contributed by atoms with Crippen LogP contribution < -0.4 is 10.4 Å². The number of anilines is 2. The SMILES string of the molecule is CN(c1ccccc1)c1ccc(B2OC(C)(C)C(C)(C)O2)cc1. The first kappa shape index (κ1) is 16.1. The number of hydrogen-bond acceptors (Lipinski definition) is 3. The van der Waals surface area contributed by atoms with Crippen molar-refractivity contribution in [2.45, 2.75) is 38.9 Å². The van der Waals surface area contributed by atoms with Gasteiger partial charge in [-0.25, -0.2) is 0 Å². The van der Waals surface area contributed by atoms with Gasteiger partial charge in [0.05, 0.1) is 11.2 Å². The summed E-state index contributed by atoms with van der Waals surface area (Å²) in [4.78, 5) is 2.16. The Labute approximate surface area is 139 Å². The van der Waals surface area contributed by atoms with Crippen molar-refractivity contribution < 1.29 is 9.31 Å². The van der Waals surface area contributed by atoms with E-state index in [0.29, 0.717) is 0 Å². The van der Waals surface area contributed by atoms with Crippen LogP contribution in [-0.4, -0.2) is 25.4 Å². The predicted molar refractivity (Wildman–Crippen MR) is 96.7 cm³/mol. The van der Waals surface area contributed by atoms with Crippen molar-refractivity contribution in [3.63, 3.8) is 0 Å². The van der Waals surface area contributed by atoms with E-state index in [9.17, 15) is 0 Å². The summed E-state index contributed by atoms with van der Waals surface area (Å²) in [5.41, 5.74) is 2.73. The molecule has 23 heavy (non-hydrogen) atoms. The van der Waals surface area contributed by atoms with Crippen LogP contribution in [0.3, 0.4) is 0 Å². The molecular formula is C19H24BNO2. The van der Waals surface area contributed by atoms with E-state index in [1.54, 1.807) is 0 Å². The van der Waals surface area contributed by atoms with Gasteiger partial charge in [0, 0.05) is 18.4 Å². The highest BCUT2D eigenvalue weighted by Gasteiger charge is 2.51. The van der Waals surface area contributed by atoms with Gasteiger partial charge in [0.15, 0.2) is 0 Å². The molecule has 1 aliphatic rings. The number of hydrogen-bond donors (Lipinski definition) is 0. The molecule has 0 aromatic heterocycles. The Kier molecular flexibility index (Phi) is 3.99. The molecule has 4 heteroatoms. The lowest BCUT2D eigenvalue weighted by molar-refractivity contribution is 0.00578. The minimum Gasteiger partial charge on any atom is -0.399 e. The van der Waals surface area contributed by atoms with Crippen LogP contribution in [0.25, 0.3) is 0 Å². The average molecular weight is 309 g/mol. The molecule has 0 N–H and O–H groups in total. The van der Waals surface area contributed by atoms with Crippen LogP contribution in [0.2, 0.25) is 0 Å². The van der Waals surface area contributed by atoms with Crippen molar-refractivity contribution in [1.29, 1.82) is 0 Å². The molecule has 2 aromatic rings. The van der Waals surface area contributed by atoms with Gasteiger partial charge in [0.2, 0.25) is 0 Å². The van der Waals surface area contributed by atoms with E-state index in [1.165, 1.54) is 0 Å². The third kappa shape index (κ3) is 3.01. The second-order valence-electron chi connectivity index (χ2n) is 7.07. The van der Waals surface area contributed by atoms with E-state index in [-0.39, 0.29) is 18.3 Å². The molecule has 0 bridgehead atoms. The summed E-state index contributed by atoms with van der Waals surface area (Å²) >= 11 is 0. The zero-order chi connectivity index (χ0) is 16.7. The van der Waals surface area contributed by atoms with Crippen LogP contribution in [0.4, 0.5) is 11.4 Å². The molecule has 1 aliphatic heterocycles. The minimum atomic E-state index is -0.309. The van der Waals surface area contributed by atoms with Gasteiger partial charge in [-0.3, -0.25) is 0 Å². The number of para-hydroxylation sites is 1. The Morgan fingerprint density at radius 3 is 1.74 bits per heavy atom. The molecule has 0 atom stereocenters. The van der Waals surface area contributed by atoms with Gasteiger partial charge in [0.25, 0.3) is 0 Å². The Morgan fingerprint density at radius 1 is 0.739 bits per heavy atom. The highest BCUT2D eigenvalue weighted by Crippen LogP contribution is 2.36. The Bertz CT molecular complexity index is 652. The maximum Gasteiger partial charge on any atom is 0.494 e. The van der Waals surface area contributed by atoms with Crippen LogP contribution in [0, 0.1) is 0 Å². The van der Waals surface area contributed by atoms with E-state index in [1.807, 2.05) is 18.2 Å². The quantitative estimate of drug-likeness (QED) is 0.806. The second kappa shape index (κ2) is 5.70. The molecule has 0 amide bonds. The average Bonchev–Trinajstić information content (AvgIpc) is 2.76. The fourth-order valence-corrected chi connectivity index (χ4v) is 2.63. The van der Waals surface area contributed by atoms with E-state index in [0.717, 1.165) is 16.8 Å². The van der Waals surface area contributed by atoms with Crippen LogP contribution in [0.1, 0.15) is 27.7 Å². The Morgan fingerprint density at radius 2 is 1.22 bits per heavy atom. The van der Waals surface area contributed by atoms with Crippen molar-refractivity contribution in [3.8, 4) is 0 Å². The number of nitrogens with zero attached hydrogens (tertiary/aromatic N) is 1. The van der Waals surface area contributed by atoms with Gasteiger partial charge in [-0.2, -0.15) is 0 Å². The lowest BCUT2D eigenvalue weighted by Crippen LogP contribution is -2.41. The molecule has 1 saturated heterocycles. The smallest absolute Gasteiger partial charge is 0.399 e. The third-order valence-corrected chi connectivity index (χ3v) is 4.95. The van der Waals surface area contributed by atoms with Crippen molar-refractivity contribution in [2.75, 3.05) is 11.9 Å². The summed E-state index contributed by atoms with van der Waals surface area (Å²) in [5, 5.41) is 0. The molecule has 1 heterocycles. The molecule has 0 saturated carbocycles. The lowest BCUT2D eigenvalue weighted by atomic mass is 9.79. The maximum atomic E-state index is 6.10. The van der Waals surface area contributed by atoms with E-state index < -0.39 is 0 Å². The standard InChI is InChI=1S/C19H24BNO2/c1-18(2)19(3,4)23-20(22-18)15-11-13-17(14-12-15)21(5)16-9-7-6-8-10-16/h6-14H,1-5H3. The number of rotatable bonds is 3. The molecule has 1 fully saturated rings. The second-order valence-corrected chi connectivity index (χ2v) is 7.07. The molecule has 0 spiro atoms. The summed E-state index contributed by atoms with van der Waals surface area (Å²) in [6.45, 7) is 8.30. The first-order valence-electron chi connectivity index (χ1n) is 8.04. The third-order valence-electron chi connectivity index (χ3n) is 4.95. The van der Waals surface area contributed by atoms with Gasteiger partial charge >= 0.3 is 7.12 Å². The van der Waals surface area contributed by atoms with E-state index >= 15 is 0 Å². The molecular weight excluding hydrogens is 285 g/mol. The van der Waals surface area contributed by atoms with Crippen molar-refractivity contribution in [3.05, 3.63) is 54.6 Å². The molecule has 0 radical (unpaired) electrons. The van der Waals surface area contributed by atoms with E-state index in [2.05, 4.69) is 76.0 Å². The molecule has 0 aliphatic carbocycles. The van der Waals surface area contributed by atoms with Gasteiger partial charge in [-0.1, -0.05) is 30.3 Å². The topological polar surface area (TPSA) is 21.7 Å². The van der Waals surface area contributed by atoms with Crippen molar-refractivity contribution in [1.82, 2.24) is 0 Å². The highest BCUT2D eigenvalue weighted by molar-refractivity contribution is 6.62. The van der Waals surface area contributed by atoms with E-state index in [4.69, 9.17) is 9.31 Å². The largest absolute Gasteiger partial charge is 0.494 e. The van der Waals surface area contributed by atoms with Crippen LogP contribution in [-0.2, 0) is 9.31 Å². The van der Waals surface area contributed by atoms with Gasteiger partial charge in [0.1, 0.15) is 0 Å². The van der Waals surface area contributed by atoms with Crippen molar-refractivity contribution in [2.24, 2.45) is 0 Å². The molecule has 120 valence electrons. The lowest BCUT2D eigenvalue weighted by Gasteiger charge is -2.32. The summed E-state index contributed by atoms with van der Waals surface area (Å²) in [7, 11) is 1.76. The zero-order valence-corrected chi connectivity index (χ0v) is 14.5. The fourth-order valence-electron chi connectivity index (χ4n) is 2.63. The molecule has 2 aromatic carbocycles. The summed E-state index contributed by atoms with van der Waals surface area (Å²) in [6, 6.07) is 18.7. The van der Waals surface area contributed by atoms with Gasteiger partial charge < -0.3 is 14.2 Å². The number of benzene rings is 2. The monoisotopic (exact) mass is 309 g/mol. The van der Waals surface area contributed by atoms with Gasteiger partial charge in [-0.15, -0.1) is 0 Å². The summed E-state index contributed by atoms with van der Waals surface area (Å²) in [6.07, 6.45) is 0. The van der Waals surface area contributed by atoms with Crippen molar-refractivity contribution >= 4 is 24.0 Å². The maximum absolute atomic E-state index is 6.10. The highest BCUT2D eigenvalue weighted by atomic mass is 16.7. The summed E-state index contributed by atoms with van der Waals surface area (Å²) in [5.74, 6) is 0. The van der Waals surface area contributed by atoms with Crippen LogP contribution >= 0.6 is 0 Å². The van der Waals surface area contributed by atoms with Crippen LogP contribution in [0.5, 0.6) is 0 Å². The van der Waals surface area contributed by atoms with Crippen LogP contribution in [0.15, 0.2) is 54.6 Å². The van der Waals surface area contributed by atoms with Gasteiger partial charge in [-0.05, 0) is 57.4 Å². The first-order valence-corrected chi connectivity index (χ1v) is 8.04. The first-order chi connectivity index (χ1) is 10.8. The Hall–Kier alpha value is -1.78. The predicted octanol–water partition coefficient (Wildman–Crippen LogP) is 3.75. The summed E-state index contributed by atoms with van der Waals surface area (Å²) < 4.78 is 12.2. The minimum absolute atomic E-state index is 0.308.